The maximum absolute atomic E-state index is 5.36. The Kier molecular flexibility index (Phi) is 3.43. The van der Waals surface area contributed by atoms with Gasteiger partial charge < -0.3 is 10.2 Å². The van der Waals surface area contributed by atoms with E-state index < -0.39 is 0 Å². The molecule has 102 valence electrons. The Morgan fingerprint density at radius 1 is 1.32 bits per heavy atom. The first kappa shape index (κ1) is 12.1. The largest absolute Gasteiger partial charge is 0.368 e. The van der Waals surface area contributed by atoms with Crippen LogP contribution in [0.25, 0.3) is 11.0 Å². The third-order valence-electron chi connectivity index (χ3n) is 3.36. The van der Waals surface area contributed by atoms with E-state index in [-0.39, 0.29) is 0 Å². The zero-order valence-corrected chi connectivity index (χ0v) is 10.7. The van der Waals surface area contributed by atoms with Crippen LogP contribution in [0.3, 0.4) is 0 Å². The van der Waals surface area contributed by atoms with Crippen LogP contribution in [0.15, 0.2) is 6.20 Å². The van der Waals surface area contributed by atoms with E-state index in [9.17, 15) is 0 Å². The normalized spacial score (nSPS) is 16.1. The maximum atomic E-state index is 5.36. The van der Waals surface area contributed by atoms with Gasteiger partial charge >= 0.3 is 0 Å². The average molecular weight is 262 g/mol. The molecule has 0 unspecified atom stereocenters. The van der Waals surface area contributed by atoms with Crippen molar-refractivity contribution in [2.24, 2.45) is 5.84 Å². The number of hydrazine groups is 1. The Hall–Kier alpha value is -1.93. The molecular weight excluding hydrogens is 244 g/mol. The van der Waals surface area contributed by atoms with Crippen molar-refractivity contribution in [2.45, 2.75) is 12.8 Å². The first-order valence-electron chi connectivity index (χ1n) is 6.51. The minimum atomic E-state index is 0.375. The molecular formula is C11H18N8. The number of aromatic nitrogens is 4. The Morgan fingerprint density at radius 3 is 2.95 bits per heavy atom. The molecule has 1 aliphatic heterocycles. The second-order valence-electron chi connectivity index (χ2n) is 4.65. The molecule has 1 fully saturated rings. The van der Waals surface area contributed by atoms with E-state index in [2.05, 4.69) is 35.8 Å². The molecule has 5 N–H and O–H groups in total. The Balaban J connectivity index is 1.70. The minimum absolute atomic E-state index is 0.375. The van der Waals surface area contributed by atoms with Crippen molar-refractivity contribution >= 4 is 22.8 Å². The van der Waals surface area contributed by atoms with Gasteiger partial charge in [-0.3, -0.25) is 10.5 Å². The van der Waals surface area contributed by atoms with Crippen LogP contribution < -0.4 is 16.6 Å². The molecule has 3 heterocycles. The van der Waals surface area contributed by atoms with Gasteiger partial charge in [0.15, 0.2) is 5.65 Å². The lowest BCUT2D eigenvalue weighted by Gasteiger charge is -2.15. The van der Waals surface area contributed by atoms with Gasteiger partial charge in [-0.1, -0.05) is 0 Å². The minimum Gasteiger partial charge on any atom is -0.368 e. The third-order valence-corrected chi connectivity index (χ3v) is 3.36. The van der Waals surface area contributed by atoms with Crippen LogP contribution in [0, 0.1) is 0 Å². The summed E-state index contributed by atoms with van der Waals surface area (Å²) in [6, 6.07) is 0. The Bertz CT molecular complexity index is 545. The predicted molar refractivity (Wildman–Crippen MR) is 73.7 cm³/mol. The second-order valence-corrected chi connectivity index (χ2v) is 4.65. The van der Waals surface area contributed by atoms with Gasteiger partial charge in [-0.25, -0.2) is 5.84 Å². The molecule has 2 aromatic rings. The summed E-state index contributed by atoms with van der Waals surface area (Å²) in [5.74, 6) is 6.49. The molecule has 19 heavy (non-hydrogen) atoms. The molecule has 0 amide bonds. The summed E-state index contributed by atoms with van der Waals surface area (Å²) in [6.45, 7) is 4.26. The fourth-order valence-electron chi connectivity index (χ4n) is 2.37. The summed E-state index contributed by atoms with van der Waals surface area (Å²) in [5.41, 5.74) is 3.13. The van der Waals surface area contributed by atoms with Crippen molar-refractivity contribution in [3.05, 3.63) is 6.20 Å². The maximum Gasteiger partial charge on any atom is 0.241 e. The van der Waals surface area contributed by atoms with Gasteiger partial charge in [-0.05, 0) is 25.9 Å². The molecule has 0 aliphatic carbocycles. The van der Waals surface area contributed by atoms with Crippen LogP contribution >= 0.6 is 0 Å². The van der Waals surface area contributed by atoms with Crippen LogP contribution in [-0.2, 0) is 0 Å². The first-order valence-corrected chi connectivity index (χ1v) is 6.51. The molecule has 0 radical (unpaired) electrons. The first-order chi connectivity index (χ1) is 9.36. The fourth-order valence-corrected chi connectivity index (χ4v) is 2.37. The van der Waals surface area contributed by atoms with Gasteiger partial charge in [0.05, 0.1) is 11.6 Å². The third kappa shape index (κ3) is 2.59. The van der Waals surface area contributed by atoms with Gasteiger partial charge in [-0.15, -0.1) is 0 Å². The van der Waals surface area contributed by atoms with E-state index in [1.807, 2.05) is 0 Å². The summed E-state index contributed by atoms with van der Waals surface area (Å²) in [6.07, 6.45) is 4.33. The number of likely N-dealkylation sites (tertiary alicyclic amines) is 1. The fraction of sp³-hybridized carbons (Fsp3) is 0.545. The SMILES string of the molecule is NNc1nc(NCCN2CCCC2)c2cn[nH]c2n1. The number of anilines is 2. The highest BCUT2D eigenvalue weighted by atomic mass is 15.3. The number of nitrogens with one attached hydrogen (secondary N) is 3. The molecule has 3 rings (SSSR count). The van der Waals surface area contributed by atoms with Crippen LogP contribution in [-0.4, -0.2) is 51.2 Å². The van der Waals surface area contributed by atoms with Crippen molar-refractivity contribution in [1.29, 1.82) is 0 Å². The lowest BCUT2D eigenvalue weighted by Crippen LogP contribution is -2.26. The van der Waals surface area contributed by atoms with E-state index in [1.54, 1.807) is 6.20 Å². The second kappa shape index (κ2) is 5.37. The highest BCUT2D eigenvalue weighted by Gasteiger charge is 2.12. The highest BCUT2D eigenvalue weighted by molar-refractivity contribution is 5.86. The van der Waals surface area contributed by atoms with E-state index in [4.69, 9.17) is 5.84 Å². The van der Waals surface area contributed by atoms with Gasteiger partial charge in [-0.2, -0.15) is 15.1 Å². The van der Waals surface area contributed by atoms with Crippen molar-refractivity contribution in [3.63, 3.8) is 0 Å². The number of fused-ring (bicyclic) bond motifs is 1. The van der Waals surface area contributed by atoms with Gasteiger partial charge in [0.2, 0.25) is 5.95 Å². The van der Waals surface area contributed by atoms with Gasteiger partial charge in [0, 0.05) is 13.1 Å². The van der Waals surface area contributed by atoms with E-state index >= 15 is 0 Å². The summed E-state index contributed by atoms with van der Waals surface area (Å²) >= 11 is 0. The lowest BCUT2D eigenvalue weighted by molar-refractivity contribution is 0.352. The van der Waals surface area contributed by atoms with Crippen molar-refractivity contribution < 1.29 is 0 Å². The summed E-state index contributed by atoms with van der Waals surface area (Å²) < 4.78 is 0. The Labute approximate surface area is 110 Å². The number of aromatic amines is 1. The number of nitrogens with zero attached hydrogens (tertiary/aromatic N) is 4. The van der Waals surface area contributed by atoms with Crippen LogP contribution in [0.4, 0.5) is 11.8 Å². The smallest absolute Gasteiger partial charge is 0.241 e. The zero-order valence-electron chi connectivity index (χ0n) is 10.7. The monoisotopic (exact) mass is 262 g/mol. The number of rotatable bonds is 5. The molecule has 2 aromatic heterocycles. The van der Waals surface area contributed by atoms with Crippen molar-refractivity contribution in [3.8, 4) is 0 Å². The highest BCUT2D eigenvalue weighted by Crippen LogP contribution is 2.19. The quantitative estimate of drug-likeness (QED) is 0.448. The standard InChI is InChI=1S/C11H18N8/c12-17-11-15-9(8-7-14-18-10(8)16-11)13-3-6-19-4-1-2-5-19/h7H,1-6,12H2,(H3,13,14,15,16,17,18). The predicted octanol–water partition coefficient (Wildman–Crippen LogP) is 0.146. The van der Waals surface area contributed by atoms with E-state index in [1.165, 1.54) is 25.9 Å². The van der Waals surface area contributed by atoms with Crippen LogP contribution in [0.1, 0.15) is 12.8 Å². The van der Waals surface area contributed by atoms with Crippen LogP contribution in [0.2, 0.25) is 0 Å². The molecule has 0 atom stereocenters. The number of hydrogen-bond acceptors (Lipinski definition) is 7. The Morgan fingerprint density at radius 2 is 2.16 bits per heavy atom. The number of H-pyrrole nitrogens is 1. The molecule has 0 spiro atoms. The molecule has 1 saturated heterocycles. The molecule has 0 bridgehead atoms. The number of nitrogens with two attached hydrogens (primary N) is 1. The molecule has 0 aromatic carbocycles. The lowest BCUT2D eigenvalue weighted by atomic mass is 10.4. The van der Waals surface area contributed by atoms with E-state index in [0.717, 1.165) is 24.3 Å². The molecule has 1 aliphatic rings. The average Bonchev–Trinajstić information content (AvgIpc) is 3.08. The number of hydrogen-bond donors (Lipinski definition) is 4. The van der Waals surface area contributed by atoms with Crippen molar-refractivity contribution in [2.75, 3.05) is 36.9 Å². The van der Waals surface area contributed by atoms with Gasteiger partial charge in [0.1, 0.15) is 5.82 Å². The van der Waals surface area contributed by atoms with Crippen LogP contribution in [0.5, 0.6) is 0 Å². The van der Waals surface area contributed by atoms with E-state index in [0.29, 0.717) is 11.6 Å². The topological polar surface area (TPSA) is 108 Å². The molecule has 0 saturated carbocycles. The van der Waals surface area contributed by atoms with Gasteiger partial charge in [0.25, 0.3) is 0 Å². The zero-order chi connectivity index (χ0) is 13.1. The summed E-state index contributed by atoms with van der Waals surface area (Å²) in [7, 11) is 0. The van der Waals surface area contributed by atoms with Crippen molar-refractivity contribution in [1.82, 2.24) is 25.1 Å². The molecule has 8 heteroatoms. The number of nitrogen functional groups attached to an aromatic ring is 1. The molecule has 8 nitrogen and oxygen atoms in total. The summed E-state index contributed by atoms with van der Waals surface area (Å²) in [5, 5.41) is 11.0. The summed E-state index contributed by atoms with van der Waals surface area (Å²) in [4.78, 5) is 11.0.